The first-order valence-corrected chi connectivity index (χ1v) is 10.5. The van der Waals surface area contributed by atoms with E-state index in [1.165, 1.54) is 37.0 Å². The number of rotatable bonds is 6. The van der Waals surface area contributed by atoms with E-state index in [-0.39, 0.29) is 36.5 Å². The number of benzene rings is 1. The first-order chi connectivity index (χ1) is 13.5. The van der Waals surface area contributed by atoms with E-state index in [4.69, 9.17) is 9.73 Å². The molecule has 1 saturated carbocycles. The highest BCUT2D eigenvalue weighted by Gasteiger charge is 2.41. The number of halogens is 1. The lowest BCUT2D eigenvalue weighted by Crippen LogP contribution is -2.41. The second kappa shape index (κ2) is 11.0. The largest absolute Gasteiger partial charge is 0.484 e. The van der Waals surface area contributed by atoms with Crippen LogP contribution in [0.15, 0.2) is 29.3 Å². The molecular weight excluding hydrogens is 479 g/mol. The predicted octanol–water partition coefficient (Wildman–Crippen LogP) is 3.50. The Bertz CT molecular complexity index is 702. The van der Waals surface area contributed by atoms with Crippen LogP contribution in [-0.2, 0) is 11.3 Å². The molecule has 29 heavy (non-hydrogen) atoms. The van der Waals surface area contributed by atoms with Gasteiger partial charge in [-0.3, -0.25) is 4.79 Å². The van der Waals surface area contributed by atoms with Crippen molar-refractivity contribution < 1.29 is 9.53 Å². The van der Waals surface area contributed by atoms with E-state index < -0.39 is 0 Å². The normalized spacial score (nSPS) is 17.9. The Hall–Kier alpha value is -1.51. The number of hydrogen-bond donors (Lipinski definition) is 1. The van der Waals surface area contributed by atoms with Crippen LogP contribution < -0.4 is 10.1 Å². The standard InChI is InChI=1S/C22H34N4O2.HI/c1-4-23-21(26-13-12-22(17-26)10-5-6-11-22)24-15-18-8-7-9-19(14-18)28-16-20(27)25(2)3;/h7-9,14H,4-6,10-13,15-17H2,1-3H3,(H,23,24);1H. The van der Waals surface area contributed by atoms with Crippen molar-refractivity contribution in [1.29, 1.82) is 0 Å². The van der Waals surface area contributed by atoms with Gasteiger partial charge in [-0.2, -0.15) is 0 Å². The molecule has 1 amide bonds. The lowest BCUT2D eigenvalue weighted by molar-refractivity contribution is -0.130. The van der Waals surface area contributed by atoms with Crippen LogP contribution in [0.1, 0.15) is 44.6 Å². The molecule has 6 nitrogen and oxygen atoms in total. The summed E-state index contributed by atoms with van der Waals surface area (Å²) >= 11 is 0. The number of ether oxygens (including phenoxy) is 1. The molecule has 2 fully saturated rings. The maximum atomic E-state index is 11.7. The van der Waals surface area contributed by atoms with E-state index in [2.05, 4.69) is 23.2 Å². The summed E-state index contributed by atoms with van der Waals surface area (Å²) in [6.07, 6.45) is 6.79. The Labute approximate surface area is 192 Å². The minimum absolute atomic E-state index is 0. The highest BCUT2D eigenvalue weighted by Crippen LogP contribution is 2.45. The van der Waals surface area contributed by atoms with Crippen molar-refractivity contribution in [3.63, 3.8) is 0 Å². The number of likely N-dealkylation sites (tertiary alicyclic amines) is 1. The smallest absolute Gasteiger partial charge is 0.259 e. The lowest BCUT2D eigenvalue weighted by atomic mass is 9.86. The fourth-order valence-electron chi connectivity index (χ4n) is 4.25. The summed E-state index contributed by atoms with van der Waals surface area (Å²) in [7, 11) is 3.46. The van der Waals surface area contributed by atoms with E-state index in [0.717, 1.165) is 31.2 Å². The summed E-state index contributed by atoms with van der Waals surface area (Å²) in [6.45, 7) is 5.88. The third-order valence-corrected chi connectivity index (χ3v) is 5.91. The monoisotopic (exact) mass is 514 g/mol. The molecule has 0 bridgehead atoms. The van der Waals surface area contributed by atoms with Crippen molar-refractivity contribution in [3.8, 4) is 5.75 Å². The first-order valence-electron chi connectivity index (χ1n) is 10.5. The Morgan fingerprint density at radius 3 is 2.72 bits per heavy atom. The average molecular weight is 514 g/mol. The van der Waals surface area contributed by atoms with Crippen LogP contribution in [0.4, 0.5) is 0 Å². The Kier molecular flexibility index (Phi) is 9.04. The SMILES string of the molecule is CCNC(=NCc1cccc(OCC(=O)N(C)C)c1)N1CCC2(CCCC2)C1.I. The van der Waals surface area contributed by atoms with Crippen molar-refractivity contribution in [2.45, 2.75) is 45.6 Å². The number of amides is 1. The maximum absolute atomic E-state index is 11.7. The highest BCUT2D eigenvalue weighted by atomic mass is 127. The van der Waals surface area contributed by atoms with Gasteiger partial charge < -0.3 is 19.9 Å². The topological polar surface area (TPSA) is 57.2 Å². The molecule has 1 aromatic rings. The minimum Gasteiger partial charge on any atom is -0.484 e. The van der Waals surface area contributed by atoms with Gasteiger partial charge in [-0.25, -0.2) is 4.99 Å². The van der Waals surface area contributed by atoms with Crippen molar-refractivity contribution in [3.05, 3.63) is 29.8 Å². The second-order valence-corrected chi connectivity index (χ2v) is 8.27. The van der Waals surface area contributed by atoms with Crippen LogP contribution in [0.3, 0.4) is 0 Å². The van der Waals surface area contributed by atoms with Gasteiger partial charge in [-0.15, -0.1) is 24.0 Å². The summed E-state index contributed by atoms with van der Waals surface area (Å²) in [5.41, 5.74) is 1.61. The molecule has 0 atom stereocenters. The number of carbonyl (C=O) groups excluding carboxylic acids is 1. The maximum Gasteiger partial charge on any atom is 0.259 e. The molecule has 3 rings (SSSR count). The van der Waals surface area contributed by atoms with Crippen LogP contribution in [0.2, 0.25) is 0 Å². The summed E-state index contributed by atoms with van der Waals surface area (Å²) < 4.78 is 5.62. The number of aliphatic imine (C=N–C) groups is 1. The van der Waals surface area contributed by atoms with Gasteiger partial charge >= 0.3 is 0 Å². The van der Waals surface area contributed by atoms with Crippen molar-refractivity contribution in [2.24, 2.45) is 10.4 Å². The number of nitrogens with zero attached hydrogens (tertiary/aromatic N) is 3. The molecule has 1 aromatic carbocycles. The van der Waals surface area contributed by atoms with Gasteiger partial charge in [-0.05, 0) is 49.3 Å². The van der Waals surface area contributed by atoms with Gasteiger partial charge in [0.2, 0.25) is 0 Å². The zero-order valence-electron chi connectivity index (χ0n) is 17.9. The number of guanidine groups is 1. The number of hydrogen-bond acceptors (Lipinski definition) is 3. The number of carbonyl (C=O) groups is 1. The van der Waals surface area contributed by atoms with Gasteiger partial charge in [0.1, 0.15) is 5.75 Å². The van der Waals surface area contributed by atoms with E-state index in [9.17, 15) is 4.79 Å². The van der Waals surface area contributed by atoms with Gasteiger partial charge in [0.15, 0.2) is 12.6 Å². The summed E-state index contributed by atoms with van der Waals surface area (Å²) in [6, 6.07) is 7.86. The van der Waals surface area contributed by atoms with Gasteiger partial charge in [0.05, 0.1) is 6.54 Å². The van der Waals surface area contributed by atoms with E-state index in [0.29, 0.717) is 17.7 Å². The molecule has 2 aliphatic rings. The van der Waals surface area contributed by atoms with Crippen molar-refractivity contribution in [1.82, 2.24) is 15.1 Å². The van der Waals surface area contributed by atoms with Crippen LogP contribution in [0.25, 0.3) is 0 Å². The van der Waals surface area contributed by atoms with E-state index in [1.807, 2.05) is 18.2 Å². The van der Waals surface area contributed by atoms with Gasteiger partial charge in [0, 0.05) is 33.7 Å². The van der Waals surface area contributed by atoms with Gasteiger partial charge in [0.25, 0.3) is 5.91 Å². The molecule has 0 aromatic heterocycles. The molecule has 1 N–H and O–H groups in total. The van der Waals surface area contributed by atoms with Crippen LogP contribution >= 0.6 is 24.0 Å². The predicted molar refractivity (Wildman–Crippen MR) is 128 cm³/mol. The van der Waals surface area contributed by atoms with Crippen molar-refractivity contribution in [2.75, 3.05) is 40.3 Å². The Morgan fingerprint density at radius 2 is 2.03 bits per heavy atom. The quantitative estimate of drug-likeness (QED) is 0.359. The van der Waals surface area contributed by atoms with Gasteiger partial charge in [-0.1, -0.05) is 25.0 Å². The van der Waals surface area contributed by atoms with Crippen molar-refractivity contribution >= 4 is 35.8 Å². The van der Waals surface area contributed by atoms with E-state index in [1.54, 1.807) is 14.1 Å². The molecule has 1 aliphatic carbocycles. The zero-order chi connectivity index (χ0) is 20.0. The molecule has 0 unspecified atom stereocenters. The van der Waals surface area contributed by atoms with Crippen LogP contribution in [0, 0.1) is 5.41 Å². The zero-order valence-corrected chi connectivity index (χ0v) is 20.3. The second-order valence-electron chi connectivity index (χ2n) is 8.27. The Morgan fingerprint density at radius 1 is 1.28 bits per heavy atom. The summed E-state index contributed by atoms with van der Waals surface area (Å²) in [4.78, 5) is 20.6. The third kappa shape index (κ3) is 6.49. The molecule has 0 radical (unpaired) electrons. The molecular formula is C22H35IN4O2. The molecule has 162 valence electrons. The first kappa shape index (κ1) is 23.8. The minimum atomic E-state index is -0.0484. The summed E-state index contributed by atoms with van der Waals surface area (Å²) in [5, 5.41) is 3.46. The van der Waals surface area contributed by atoms with Crippen LogP contribution in [0.5, 0.6) is 5.75 Å². The highest BCUT2D eigenvalue weighted by molar-refractivity contribution is 14.0. The average Bonchev–Trinajstić information content (AvgIpc) is 3.33. The molecule has 1 heterocycles. The third-order valence-electron chi connectivity index (χ3n) is 5.91. The molecule has 7 heteroatoms. The fourth-order valence-corrected chi connectivity index (χ4v) is 4.25. The number of likely N-dealkylation sites (N-methyl/N-ethyl adjacent to an activating group) is 1. The molecule has 1 aliphatic heterocycles. The molecule has 1 saturated heterocycles. The van der Waals surface area contributed by atoms with Crippen LogP contribution in [-0.4, -0.2) is 62.0 Å². The summed E-state index contributed by atoms with van der Waals surface area (Å²) in [5.74, 6) is 1.67. The van der Waals surface area contributed by atoms with E-state index >= 15 is 0 Å². The fraction of sp³-hybridized carbons (Fsp3) is 0.636. The molecule has 1 spiro atoms. The Balaban J connectivity index is 0.00000300. The lowest BCUT2D eigenvalue weighted by Gasteiger charge is -2.26. The number of nitrogens with one attached hydrogen (secondary N) is 1.